The molecule has 0 bridgehead atoms. The topological polar surface area (TPSA) is 37.4 Å². The summed E-state index contributed by atoms with van der Waals surface area (Å²) in [6, 6.07) is 6.98. The number of alkyl halides is 3. The molecule has 0 aliphatic heterocycles. The fourth-order valence-electron chi connectivity index (χ4n) is 0.849. The summed E-state index contributed by atoms with van der Waals surface area (Å²) in [5.41, 5.74) is -0.476. The summed E-state index contributed by atoms with van der Waals surface area (Å²) < 4.78 is 56.7. The van der Waals surface area contributed by atoms with E-state index in [2.05, 4.69) is 6.07 Å². The molecule has 0 heterocycles. The van der Waals surface area contributed by atoms with Crippen molar-refractivity contribution in [2.45, 2.75) is 6.30 Å². The highest BCUT2D eigenvalue weighted by Crippen LogP contribution is 2.27. The first-order chi connectivity index (χ1) is 6.43. The van der Waals surface area contributed by atoms with Gasteiger partial charge in [0.25, 0.3) is 0 Å². The average molecular weight is 224 g/mol. The van der Waals surface area contributed by atoms with Gasteiger partial charge in [0.15, 0.2) is 0 Å². The molecule has 0 aromatic heterocycles. The molecular weight excluding hydrogens is 219 g/mol. The van der Waals surface area contributed by atoms with E-state index >= 15 is 0 Å². The van der Waals surface area contributed by atoms with Crippen LogP contribution < -0.4 is 4.31 Å². The molecule has 0 spiro atoms. The molecular formula is C7H5F3NO2S. The van der Waals surface area contributed by atoms with Crippen molar-refractivity contribution in [1.82, 2.24) is 0 Å². The quantitative estimate of drug-likeness (QED) is 0.608. The second-order valence-corrected chi connectivity index (χ2v) is 3.15. The van der Waals surface area contributed by atoms with Gasteiger partial charge in [-0.05, 0) is 18.2 Å². The summed E-state index contributed by atoms with van der Waals surface area (Å²) >= 11 is 0. The van der Waals surface area contributed by atoms with Gasteiger partial charge in [0.1, 0.15) is 0 Å². The van der Waals surface area contributed by atoms with Crippen LogP contribution in [0.2, 0.25) is 0 Å². The van der Waals surface area contributed by atoms with Crippen molar-refractivity contribution in [1.29, 1.82) is 0 Å². The van der Waals surface area contributed by atoms with Crippen LogP contribution in [-0.4, -0.2) is 14.7 Å². The van der Waals surface area contributed by atoms with Gasteiger partial charge in [-0.25, -0.2) is 8.42 Å². The fourth-order valence-corrected chi connectivity index (χ4v) is 1.35. The Kier molecular flexibility index (Phi) is 3.00. The Balaban J connectivity index is 3.15. The van der Waals surface area contributed by atoms with E-state index in [1.807, 2.05) is 0 Å². The predicted octanol–water partition coefficient (Wildman–Crippen LogP) is 1.34. The molecule has 7 heteroatoms. The smallest absolute Gasteiger partial charge is 0.209 e. The molecule has 1 radical (unpaired) electrons. The first kappa shape index (κ1) is 10.8. The van der Waals surface area contributed by atoms with Gasteiger partial charge >= 0.3 is 6.30 Å². The van der Waals surface area contributed by atoms with Crippen molar-refractivity contribution in [3.63, 3.8) is 0 Å². The lowest BCUT2D eigenvalue weighted by Crippen LogP contribution is -2.36. The summed E-state index contributed by atoms with van der Waals surface area (Å²) in [6.45, 7) is 0. The van der Waals surface area contributed by atoms with Crippen molar-refractivity contribution < 1.29 is 21.6 Å². The number of rotatable bonds is 2. The lowest BCUT2D eigenvalue weighted by atomic mass is 10.3. The van der Waals surface area contributed by atoms with Crippen LogP contribution >= 0.6 is 0 Å². The number of hydrogen-bond acceptors (Lipinski definition) is 2. The van der Waals surface area contributed by atoms with Crippen LogP contribution in [0.4, 0.5) is 18.9 Å². The first-order valence-corrected chi connectivity index (χ1v) is 4.53. The van der Waals surface area contributed by atoms with Crippen LogP contribution in [0.1, 0.15) is 0 Å². The third-order valence-electron chi connectivity index (χ3n) is 1.34. The molecule has 77 valence electrons. The molecule has 0 N–H and O–H groups in total. The van der Waals surface area contributed by atoms with Crippen molar-refractivity contribution >= 4 is 16.6 Å². The van der Waals surface area contributed by atoms with E-state index in [9.17, 15) is 21.6 Å². The van der Waals surface area contributed by atoms with Crippen LogP contribution in [0.15, 0.2) is 24.3 Å². The third-order valence-corrected chi connectivity index (χ3v) is 2.12. The molecule has 0 aliphatic rings. The molecule has 1 aromatic carbocycles. The molecule has 3 nitrogen and oxygen atoms in total. The Morgan fingerprint density at radius 1 is 1.36 bits per heavy atom. The summed E-state index contributed by atoms with van der Waals surface area (Å²) in [6.07, 6.45) is -4.94. The zero-order valence-electron chi connectivity index (χ0n) is 6.65. The summed E-state index contributed by atoms with van der Waals surface area (Å²) in [5, 5.41) is 0. The predicted molar refractivity (Wildman–Crippen MR) is 44.1 cm³/mol. The van der Waals surface area contributed by atoms with Crippen molar-refractivity contribution in [3.05, 3.63) is 30.3 Å². The number of halogens is 3. The normalized spacial score (nSPS) is 11.7. The minimum atomic E-state index is -4.94. The fraction of sp³-hybridized carbons (Fsp3) is 0.143. The Labute approximate surface area is 79.8 Å². The highest BCUT2D eigenvalue weighted by Gasteiger charge is 2.39. The van der Waals surface area contributed by atoms with Gasteiger partial charge in [-0.3, -0.25) is 0 Å². The molecule has 0 aliphatic carbocycles. The van der Waals surface area contributed by atoms with Gasteiger partial charge in [0.2, 0.25) is 10.9 Å². The third kappa shape index (κ3) is 2.38. The highest BCUT2D eigenvalue weighted by molar-refractivity contribution is 7.74. The Bertz CT molecular complexity index is 366. The van der Waals surface area contributed by atoms with Crippen molar-refractivity contribution in [2.24, 2.45) is 0 Å². The zero-order chi connectivity index (χ0) is 10.8. The van der Waals surface area contributed by atoms with Gasteiger partial charge in [0.05, 0.1) is 5.69 Å². The molecule has 1 rings (SSSR count). The molecule has 0 saturated carbocycles. The second kappa shape index (κ2) is 3.87. The second-order valence-electron chi connectivity index (χ2n) is 2.28. The van der Waals surface area contributed by atoms with E-state index in [0.717, 1.165) is 12.1 Å². The highest BCUT2D eigenvalue weighted by atomic mass is 32.2. The van der Waals surface area contributed by atoms with E-state index in [4.69, 9.17) is 0 Å². The molecule has 0 saturated heterocycles. The van der Waals surface area contributed by atoms with Crippen LogP contribution in [0.3, 0.4) is 0 Å². The van der Waals surface area contributed by atoms with E-state index < -0.39 is 27.2 Å². The summed E-state index contributed by atoms with van der Waals surface area (Å²) in [4.78, 5) is 0. The number of anilines is 1. The Morgan fingerprint density at radius 2 is 2.00 bits per heavy atom. The maximum absolute atomic E-state index is 12.2. The minimum absolute atomic E-state index is 0.476. The van der Waals surface area contributed by atoms with Gasteiger partial charge in [-0.1, -0.05) is 12.1 Å². The molecule has 14 heavy (non-hydrogen) atoms. The standard InChI is InChI=1S/C7H5F3NO2S/c8-7(9,10)11(14(12)13)6-4-2-1-3-5-6/h1-2,4-5,14H. The van der Waals surface area contributed by atoms with Crippen LogP contribution in [-0.2, 0) is 10.9 Å². The van der Waals surface area contributed by atoms with E-state index in [1.165, 1.54) is 12.1 Å². The molecule has 0 unspecified atom stereocenters. The molecule has 1 aromatic rings. The van der Waals surface area contributed by atoms with Gasteiger partial charge < -0.3 is 0 Å². The number of benzene rings is 1. The summed E-state index contributed by atoms with van der Waals surface area (Å²) in [5.74, 6) is 0. The number of nitrogens with zero attached hydrogens (tertiary/aromatic N) is 1. The Hall–Kier alpha value is -1.24. The number of thiol groups is 1. The van der Waals surface area contributed by atoms with Crippen LogP contribution in [0, 0.1) is 6.07 Å². The monoisotopic (exact) mass is 224 g/mol. The van der Waals surface area contributed by atoms with Gasteiger partial charge in [-0.15, -0.1) is 13.2 Å². The molecule has 0 fully saturated rings. The maximum Gasteiger partial charge on any atom is 0.498 e. The van der Waals surface area contributed by atoms with Crippen LogP contribution in [0.25, 0.3) is 0 Å². The minimum Gasteiger partial charge on any atom is -0.209 e. The lowest BCUT2D eigenvalue weighted by molar-refractivity contribution is -0.115. The molecule has 0 amide bonds. The largest absolute Gasteiger partial charge is 0.498 e. The van der Waals surface area contributed by atoms with Crippen LogP contribution in [0.5, 0.6) is 0 Å². The van der Waals surface area contributed by atoms with Crippen molar-refractivity contribution in [2.75, 3.05) is 4.31 Å². The molecule has 0 atom stereocenters. The van der Waals surface area contributed by atoms with E-state index in [-0.39, 0.29) is 0 Å². The maximum atomic E-state index is 12.2. The zero-order valence-corrected chi connectivity index (χ0v) is 7.55. The van der Waals surface area contributed by atoms with Gasteiger partial charge in [0, 0.05) is 0 Å². The van der Waals surface area contributed by atoms with E-state index in [0.29, 0.717) is 0 Å². The Morgan fingerprint density at radius 3 is 2.36 bits per heavy atom. The number of hydrogen-bond donors (Lipinski definition) is 1. The summed E-state index contributed by atoms with van der Waals surface area (Å²) in [7, 11) is -3.74. The van der Waals surface area contributed by atoms with Gasteiger partial charge in [-0.2, -0.15) is 4.31 Å². The van der Waals surface area contributed by atoms with E-state index in [1.54, 1.807) is 0 Å². The lowest BCUT2D eigenvalue weighted by Gasteiger charge is -2.19. The average Bonchev–Trinajstić information content (AvgIpc) is 2.02. The SMILES string of the molecule is O=[SH](=O)N(c1c[c]ccc1)C(F)(F)F. The van der Waals surface area contributed by atoms with Crippen molar-refractivity contribution in [3.8, 4) is 0 Å². The first-order valence-electron chi connectivity index (χ1n) is 3.40.